The lowest BCUT2D eigenvalue weighted by Crippen LogP contribution is -2.48. The zero-order valence-corrected chi connectivity index (χ0v) is 15.6. The largest absolute Gasteiger partial charge is 0.352 e. The summed E-state index contributed by atoms with van der Waals surface area (Å²) in [5.74, 6) is 1.83. The van der Waals surface area contributed by atoms with E-state index in [0.717, 1.165) is 55.6 Å². The quantitative estimate of drug-likeness (QED) is 0.729. The van der Waals surface area contributed by atoms with Gasteiger partial charge in [-0.3, -0.25) is 4.79 Å². The average Bonchev–Trinajstić information content (AvgIpc) is 2.91. The van der Waals surface area contributed by atoms with Crippen LogP contribution in [0.5, 0.6) is 0 Å². The molecule has 0 radical (unpaired) electrons. The molecule has 128 valence electrons. The molecule has 1 aliphatic carbocycles. The summed E-state index contributed by atoms with van der Waals surface area (Å²) < 4.78 is 0. The molecule has 0 bridgehead atoms. The number of hydrogen-bond donors (Lipinski definition) is 0. The van der Waals surface area contributed by atoms with Crippen LogP contribution in [0.15, 0.2) is 0 Å². The Morgan fingerprint density at radius 1 is 1.25 bits per heavy atom. The van der Waals surface area contributed by atoms with Crippen molar-refractivity contribution in [3.8, 4) is 0 Å². The highest BCUT2D eigenvalue weighted by atomic mass is 35.5. The Kier molecular flexibility index (Phi) is 4.12. The second kappa shape index (κ2) is 6.15. The average molecular weight is 365 g/mol. The Hall–Kier alpha value is -1.40. The molecule has 0 aromatic carbocycles. The zero-order chi connectivity index (χ0) is 16.8. The minimum atomic E-state index is 0.141. The highest BCUT2D eigenvalue weighted by Crippen LogP contribution is 2.41. The van der Waals surface area contributed by atoms with Crippen LogP contribution in [0.25, 0.3) is 10.2 Å². The van der Waals surface area contributed by atoms with E-state index in [0.29, 0.717) is 5.28 Å². The van der Waals surface area contributed by atoms with Gasteiger partial charge in [0.25, 0.3) is 0 Å². The van der Waals surface area contributed by atoms with Gasteiger partial charge in [-0.25, -0.2) is 4.98 Å². The molecule has 7 heteroatoms. The minimum Gasteiger partial charge on any atom is -0.352 e. The predicted octanol–water partition coefficient (Wildman–Crippen LogP) is 3.14. The van der Waals surface area contributed by atoms with Gasteiger partial charge in [-0.05, 0) is 42.3 Å². The molecule has 5 nitrogen and oxygen atoms in total. The number of aromatic nitrogens is 2. The lowest BCUT2D eigenvalue weighted by molar-refractivity contribution is -0.129. The van der Waals surface area contributed by atoms with Crippen molar-refractivity contribution in [1.29, 1.82) is 0 Å². The van der Waals surface area contributed by atoms with Gasteiger partial charge in [-0.15, -0.1) is 11.3 Å². The molecule has 1 atom stereocenters. The van der Waals surface area contributed by atoms with Crippen molar-refractivity contribution in [2.24, 2.45) is 5.92 Å². The van der Waals surface area contributed by atoms with Gasteiger partial charge in [0.05, 0.1) is 5.39 Å². The minimum absolute atomic E-state index is 0.141. The number of piperazine rings is 1. The maximum atomic E-state index is 11.6. The van der Waals surface area contributed by atoms with Crippen molar-refractivity contribution in [2.45, 2.75) is 33.1 Å². The molecule has 1 amide bonds. The van der Waals surface area contributed by atoms with Crippen molar-refractivity contribution in [2.75, 3.05) is 31.1 Å². The van der Waals surface area contributed by atoms with Crippen molar-refractivity contribution >= 4 is 44.9 Å². The Morgan fingerprint density at radius 3 is 2.71 bits per heavy atom. The third-order valence-corrected chi connectivity index (χ3v) is 6.45. The molecule has 2 aromatic heterocycles. The number of rotatable bonds is 1. The smallest absolute Gasteiger partial charge is 0.225 e. The Balaban J connectivity index is 1.74. The number of hydrogen-bond acceptors (Lipinski definition) is 5. The van der Waals surface area contributed by atoms with Gasteiger partial charge in [0.2, 0.25) is 11.2 Å². The third-order valence-electron chi connectivity index (χ3n) is 5.13. The van der Waals surface area contributed by atoms with E-state index < -0.39 is 0 Å². The van der Waals surface area contributed by atoms with Gasteiger partial charge >= 0.3 is 0 Å². The number of aryl methyl sites for hydroxylation is 1. The summed E-state index contributed by atoms with van der Waals surface area (Å²) in [6, 6.07) is 0. The van der Waals surface area contributed by atoms with Crippen LogP contribution in [0.3, 0.4) is 0 Å². The molecule has 0 spiro atoms. The van der Waals surface area contributed by atoms with Gasteiger partial charge in [-0.2, -0.15) is 4.98 Å². The molecular formula is C17H21ClN4OS. The topological polar surface area (TPSA) is 49.3 Å². The molecule has 0 saturated carbocycles. The Labute approximate surface area is 150 Å². The molecular weight excluding hydrogens is 344 g/mol. The first kappa shape index (κ1) is 16.1. The molecule has 1 fully saturated rings. The van der Waals surface area contributed by atoms with E-state index in [1.54, 1.807) is 18.3 Å². The van der Waals surface area contributed by atoms with E-state index in [1.807, 2.05) is 4.90 Å². The maximum Gasteiger partial charge on any atom is 0.225 e. The first-order chi connectivity index (χ1) is 11.5. The number of halogens is 1. The first-order valence-corrected chi connectivity index (χ1v) is 9.70. The van der Waals surface area contributed by atoms with Crippen molar-refractivity contribution in [1.82, 2.24) is 14.9 Å². The van der Waals surface area contributed by atoms with Crippen LogP contribution in [0.4, 0.5) is 5.82 Å². The standard InChI is InChI=1S/C17H21ClN4OS/c1-10-3-4-12-13(9-10)24-16-14(12)15(19-17(18)20-16)22-7-5-21(6-8-22)11(2)23/h10H,3-9H2,1-2H3. The van der Waals surface area contributed by atoms with Crippen LogP contribution >= 0.6 is 22.9 Å². The summed E-state index contributed by atoms with van der Waals surface area (Å²) in [5, 5.41) is 1.51. The fraction of sp³-hybridized carbons (Fsp3) is 0.588. The van der Waals surface area contributed by atoms with Gasteiger partial charge in [0.15, 0.2) is 0 Å². The molecule has 1 aliphatic heterocycles. The number of thiophene rings is 1. The van der Waals surface area contributed by atoms with E-state index in [2.05, 4.69) is 21.8 Å². The molecule has 4 rings (SSSR count). The van der Waals surface area contributed by atoms with Crippen LogP contribution < -0.4 is 4.90 Å². The lowest BCUT2D eigenvalue weighted by Gasteiger charge is -2.35. The lowest BCUT2D eigenvalue weighted by atomic mass is 9.89. The molecule has 1 unspecified atom stereocenters. The van der Waals surface area contributed by atoms with Crippen LogP contribution in [0.2, 0.25) is 5.28 Å². The van der Waals surface area contributed by atoms with E-state index >= 15 is 0 Å². The Bertz CT molecular complexity index is 797. The van der Waals surface area contributed by atoms with E-state index in [4.69, 9.17) is 11.6 Å². The molecule has 2 aliphatic rings. The number of fused-ring (bicyclic) bond motifs is 3. The number of carbonyl (C=O) groups excluding carboxylic acids is 1. The predicted molar refractivity (Wildman–Crippen MR) is 98.1 cm³/mol. The van der Waals surface area contributed by atoms with Crippen LogP contribution in [0, 0.1) is 5.92 Å². The summed E-state index contributed by atoms with van der Waals surface area (Å²) >= 11 is 7.98. The number of anilines is 1. The molecule has 24 heavy (non-hydrogen) atoms. The highest BCUT2D eigenvalue weighted by molar-refractivity contribution is 7.19. The molecule has 2 aromatic rings. The summed E-state index contributed by atoms with van der Waals surface area (Å²) in [7, 11) is 0. The second-order valence-corrected chi connectivity index (χ2v) is 8.26. The Morgan fingerprint density at radius 2 is 2.00 bits per heavy atom. The van der Waals surface area contributed by atoms with Gasteiger partial charge < -0.3 is 9.80 Å². The number of nitrogens with zero attached hydrogens (tertiary/aromatic N) is 4. The summed E-state index contributed by atoms with van der Waals surface area (Å²) in [6.45, 7) is 7.01. The van der Waals surface area contributed by atoms with Gasteiger partial charge in [0, 0.05) is 38.0 Å². The molecule has 1 saturated heterocycles. The highest BCUT2D eigenvalue weighted by Gasteiger charge is 2.27. The van der Waals surface area contributed by atoms with E-state index in [9.17, 15) is 4.79 Å². The SMILES string of the molecule is CC(=O)N1CCN(c2nc(Cl)nc3sc4c(c23)CCC(C)C4)CC1. The van der Waals surface area contributed by atoms with Crippen molar-refractivity contribution < 1.29 is 4.79 Å². The monoisotopic (exact) mass is 364 g/mol. The third kappa shape index (κ3) is 2.75. The first-order valence-electron chi connectivity index (χ1n) is 8.51. The van der Waals surface area contributed by atoms with E-state index in [-0.39, 0.29) is 5.91 Å². The number of amides is 1. The zero-order valence-electron chi connectivity index (χ0n) is 14.0. The molecule has 3 heterocycles. The van der Waals surface area contributed by atoms with E-state index in [1.165, 1.54) is 22.2 Å². The summed E-state index contributed by atoms with van der Waals surface area (Å²) in [6.07, 6.45) is 3.45. The van der Waals surface area contributed by atoms with Crippen molar-refractivity contribution in [3.63, 3.8) is 0 Å². The normalized spacial score (nSPS) is 21.2. The summed E-state index contributed by atoms with van der Waals surface area (Å²) in [5.41, 5.74) is 1.42. The number of carbonyl (C=O) groups is 1. The van der Waals surface area contributed by atoms with Crippen LogP contribution in [-0.2, 0) is 17.6 Å². The van der Waals surface area contributed by atoms with Crippen LogP contribution in [0.1, 0.15) is 30.7 Å². The second-order valence-electron chi connectivity index (χ2n) is 6.84. The molecule has 0 N–H and O–H groups in total. The summed E-state index contributed by atoms with van der Waals surface area (Å²) in [4.78, 5) is 27.2. The maximum absolute atomic E-state index is 11.6. The fourth-order valence-electron chi connectivity index (χ4n) is 3.76. The van der Waals surface area contributed by atoms with Gasteiger partial charge in [-0.1, -0.05) is 6.92 Å². The fourth-order valence-corrected chi connectivity index (χ4v) is 5.35. The van der Waals surface area contributed by atoms with Gasteiger partial charge in [0.1, 0.15) is 10.6 Å². The van der Waals surface area contributed by atoms with Crippen molar-refractivity contribution in [3.05, 3.63) is 15.7 Å². The van der Waals surface area contributed by atoms with Crippen LogP contribution in [-0.4, -0.2) is 47.0 Å².